The molecule has 0 N–H and O–H groups in total. The van der Waals surface area contributed by atoms with E-state index in [0.717, 1.165) is 29.9 Å². The number of hydrogen-bond donors (Lipinski definition) is 0. The van der Waals surface area contributed by atoms with E-state index in [2.05, 4.69) is 6.92 Å². The Kier molecular flexibility index (Phi) is 5.99. The van der Waals surface area contributed by atoms with Gasteiger partial charge in [-0.15, -0.1) is 0 Å². The molecular weight excluding hydrogens is 383 g/mol. The van der Waals surface area contributed by atoms with Gasteiger partial charge < -0.3 is 0 Å². The molecule has 2 aliphatic carbocycles. The van der Waals surface area contributed by atoms with Crippen LogP contribution in [0.1, 0.15) is 85.6 Å². The fraction of sp³-hybridized carbons (Fsp3) is 0.423. The molecule has 1 nitrogen and oxygen atoms in total. The summed E-state index contributed by atoms with van der Waals surface area (Å²) in [5.74, 6) is -0.717. The molecule has 0 aromatic heterocycles. The van der Waals surface area contributed by atoms with Crippen LogP contribution in [0, 0.1) is 34.7 Å². The molecule has 30 heavy (non-hydrogen) atoms. The summed E-state index contributed by atoms with van der Waals surface area (Å²) in [5.41, 5.74) is 2.46. The van der Waals surface area contributed by atoms with Crippen molar-refractivity contribution in [2.24, 2.45) is 5.92 Å². The summed E-state index contributed by atoms with van der Waals surface area (Å²) in [6.45, 7) is 2.23. The van der Waals surface area contributed by atoms with Crippen LogP contribution in [0.3, 0.4) is 0 Å². The van der Waals surface area contributed by atoms with E-state index in [9.17, 15) is 8.78 Å². The molecule has 0 amide bonds. The van der Waals surface area contributed by atoms with E-state index in [1.807, 2.05) is 12.1 Å². The van der Waals surface area contributed by atoms with Gasteiger partial charge >= 0.3 is 0 Å². The van der Waals surface area contributed by atoms with Crippen LogP contribution >= 0.6 is 0 Å². The van der Waals surface area contributed by atoms with Crippen molar-refractivity contribution < 1.29 is 13.2 Å². The number of nitriles is 1. The summed E-state index contributed by atoms with van der Waals surface area (Å²) in [7, 11) is 0. The number of benzene rings is 2. The lowest BCUT2D eigenvalue weighted by Crippen LogP contribution is -2.13. The van der Waals surface area contributed by atoms with Gasteiger partial charge in [-0.3, -0.25) is 0 Å². The van der Waals surface area contributed by atoms with Crippen molar-refractivity contribution in [3.8, 4) is 6.07 Å². The Morgan fingerprint density at radius 1 is 1.00 bits per heavy atom. The molecule has 156 valence electrons. The highest BCUT2D eigenvalue weighted by atomic mass is 19.1. The Balaban J connectivity index is 1.57. The number of nitrogens with zero attached hydrogens (tertiary/aromatic N) is 1. The summed E-state index contributed by atoms with van der Waals surface area (Å²) < 4.78 is 43.4. The third-order valence-corrected chi connectivity index (χ3v) is 6.79. The minimum atomic E-state index is -0.874. The predicted molar refractivity (Wildman–Crippen MR) is 113 cm³/mol. The second-order valence-corrected chi connectivity index (χ2v) is 8.64. The number of fused-ring (bicyclic) bond motifs is 1. The Bertz CT molecular complexity index is 1020. The van der Waals surface area contributed by atoms with Gasteiger partial charge in [0.2, 0.25) is 0 Å². The molecule has 0 spiro atoms. The Labute approximate surface area is 176 Å². The van der Waals surface area contributed by atoms with Crippen LogP contribution < -0.4 is 0 Å². The van der Waals surface area contributed by atoms with Crippen LogP contribution in [0.15, 0.2) is 24.3 Å². The normalized spacial score (nSPS) is 21.0. The summed E-state index contributed by atoms with van der Waals surface area (Å²) in [4.78, 5) is 0. The zero-order chi connectivity index (χ0) is 21.3. The Morgan fingerprint density at radius 2 is 1.77 bits per heavy atom. The highest BCUT2D eigenvalue weighted by Crippen LogP contribution is 2.39. The first-order valence-electron chi connectivity index (χ1n) is 10.9. The van der Waals surface area contributed by atoms with Crippen molar-refractivity contribution >= 4 is 11.6 Å². The van der Waals surface area contributed by atoms with Crippen molar-refractivity contribution in [3.05, 3.63) is 69.5 Å². The van der Waals surface area contributed by atoms with Crippen molar-refractivity contribution in [3.63, 3.8) is 0 Å². The Morgan fingerprint density at radius 3 is 2.43 bits per heavy atom. The van der Waals surface area contributed by atoms with Crippen LogP contribution in [0.5, 0.6) is 0 Å². The molecule has 0 unspecified atom stereocenters. The van der Waals surface area contributed by atoms with Crippen molar-refractivity contribution in [2.45, 2.75) is 64.2 Å². The minimum absolute atomic E-state index is 0.271. The first kappa shape index (κ1) is 20.7. The molecule has 2 aliphatic rings. The maximum atomic E-state index is 15.0. The van der Waals surface area contributed by atoms with Crippen molar-refractivity contribution in [1.29, 1.82) is 5.26 Å². The molecule has 1 saturated carbocycles. The molecule has 0 aliphatic heterocycles. The number of rotatable bonds is 4. The number of halogens is 3. The first-order valence-corrected chi connectivity index (χ1v) is 10.9. The van der Waals surface area contributed by atoms with E-state index < -0.39 is 17.2 Å². The van der Waals surface area contributed by atoms with Crippen LogP contribution in [0.25, 0.3) is 11.6 Å². The lowest BCUT2D eigenvalue weighted by Gasteiger charge is -2.29. The predicted octanol–water partition coefficient (Wildman–Crippen LogP) is 7.54. The minimum Gasteiger partial charge on any atom is -0.206 e. The fourth-order valence-electron chi connectivity index (χ4n) is 5.13. The zero-order valence-corrected chi connectivity index (χ0v) is 17.3. The molecule has 0 radical (unpaired) electrons. The van der Waals surface area contributed by atoms with Gasteiger partial charge in [-0.2, -0.15) is 5.26 Å². The lowest BCUT2D eigenvalue weighted by molar-refractivity contribution is 0.308. The summed E-state index contributed by atoms with van der Waals surface area (Å²) in [5, 5.41) is 8.95. The summed E-state index contributed by atoms with van der Waals surface area (Å²) in [6, 6.07) is 8.24. The summed E-state index contributed by atoms with van der Waals surface area (Å²) in [6.07, 6.45) is 9.59. The molecule has 0 saturated heterocycles. The second kappa shape index (κ2) is 8.68. The average Bonchev–Trinajstić information content (AvgIpc) is 2.74. The maximum Gasteiger partial charge on any atom is 0.147 e. The maximum absolute atomic E-state index is 15.0. The third-order valence-electron chi connectivity index (χ3n) is 6.79. The van der Waals surface area contributed by atoms with E-state index in [4.69, 9.17) is 5.26 Å². The molecular formula is C26H26F3N. The SMILES string of the molecule is CCCC1CCC(c2ccc(C3=Cc4cc(F)c(C#N)c(F)c4CC3)c(F)c2)CC1. The van der Waals surface area contributed by atoms with Gasteiger partial charge in [0.15, 0.2) is 0 Å². The molecule has 2 aromatic rings. The third kappa shape index (κ3) is 3.90. The summed E-state index contributed by atoms with van der Waals surface area (Å²) >= 11 is 0. The number of hydrogen-bond acceptors (Lipinski definition) is 1. The lowest BCUT2D eigenvalue weighted by atomic mass is 9.77. The quantitative estimate of drug-likeness (QED) is 0.512. The van der Waals surface area contributed by atoms with Crippen LogP contribution in [0.2, 0.25) is 0 Å². The van der Waals surface area contributed by atoms with Gasteiger partial charge in [0.1, 0.15) is 29.1 Å². The van der Waals surface area contributed by atoms with Crippen LogP contribution in [0.4, 0.5) is 13.2 Å². The van der Waals surface area contributed by atoms with Crippen LogP contribution in [-0.2, 0) is 6.42 Å². The first-order chi connectivity index (χ1) is 14.5. The largest absolute Gasteiger partial charge is 0.206 e. The van der Waals surface area contributed by atoms with Crippen molar-refractivity contribution in [2.75, 3.05) is 0 Å². The average molecular weight is 409 g/mol. The smallest absolute Gasteiger partial charge is 0.147 e. The topological polar surface area (TPSA) is 23.8 Å². The molecule has 2 aromatic carbocycles. The second-order valence-electron chi connectivity index (χ2n) is 8.64. The highest BCUT2D eigenvalue weighted by Gasteiger charge is 2.25. The molecule has 0 atom stereocenters. The van der Waals surface area contributed by atoms with E-state index in [1.54, 1.807) is 18.2 Å². The molecule has 1 fully saturated rings. The monoisotopic (exact) mass is 409 g/mol. The van der Waals surface area contributed by atoms with Crippen LogP contribution in [-0.4, -0.2) is 0 Å². The number of allylic oxidation sites excluding steroid dienone is 1. The van der Waals surface area contributed by atoms with E-state index in [0.29, 0.717) is 35.4 Å². The molecule has 4 rings (SSSR count). The van der Waals surface area contributed by atoms with E-state index in [-0.39, 0.29) is 5.82 Å². The molecule has 4 heteroatoms. The standard InChI is InChI=1S/C26H26F3N/c1-2-3-16-4-6-17(7-5-16)18-8-10-21(24(27)13-18)19-9-11-22-20(12-19)14-25(28)23(15-30)26(22)29/h8,10,12-14,16-17H,2-7,9,11H2,1H3. The Hall–Kier alpha value is -2.54. The molecule has 0 heterocycles. The van der Waals surface area contributed by atoms with Gasteiger partial charge in [-0.1, -0.05) is 38.0 Å². The van der Waals surface area contributed by atoms with Gasteiger partial charge in [0, 0.05) is 5.56 Å². The van der Waals surface area contributed by atoms with E-state index in [1.165, 1.54) is 31.7 Å². The molecule has 0 bridgehead atoms. The van der Waals surface area contributed by atoms with Gasteiger partial charge in [0.05, 0.1) is 0 Å². The van der Waals surface area contributed by atoms with Gasteiger partial charge in [-0.25, -0.2) is 13.2 Å². The highest BCUT2D eigenvalue weighted by molar-refractivity contribution is 5.85. The van der Waals surface area contributed by atoms with E-state index >= 15 is 4.39 Å². The van der Waals surface area contributed by atoms with Gasteiger partial charge in [-0.05, 0) is 84.8 Å². The fourth-order valence-corrected chi connectivity index (χ4v) is 5.13. The van der Waals surface area contributed by atoms with Gasteiger partial charge in [0.25, 0.3) is 0 Å². The zero-order valence-electron chi connectivity index (χ0n) is 17.3. The van der Waals surface area contributed by atoms with Crippen molar-refractivity contribution in [1.82, 2.24) is 0 Å².